The normalized spacial score (nSPS) is 11.4. The van der Waals surface area contributed by atoms with E-state index in [0.717, 1.165) is 0 Å². The number of benzene rings is 2. The molecule has 0 fully saturated rings. The fourth-order valence-corrected chi connectivity index (χ4v) is 2.61. The molecule has 1 heterocycles. The molecule has 0 unspecified atom stereocenters. The molecule has 0 radical (unpaired) electrons. The summed E-state index contributed by atoms with van der Waals surface area (Å²) in [5, 5.41) is 3.81. The molecule has 3 rings (SSSR count). The van der Waals surface area contributed by atoms with Gasteiger partial charge in [0, 0.05) is 11.1 Å². The second-order valence-corrected chi connectivity index (χ2v) is 6.08. The molecule has 1 aromatic heterocycles. The van der Waals surface area contributed by atoms with Crippen molar-refractivity contribution >= 4 is 29.0 Å². The van der Waals surface area contributed by atoms with Gasteiger partial charge in [-0.25, -0.2) is 0 Å². The van der Waals surface area contributed by atoms with Crippen LogP contribution in [0.5, 0.6) is 5.75 Å². The first-order valence-corrected chi connectivity index (χ1v) is 8.12. The minimum absolute atomic E-state index is 0.192. The first kappa shape index (κ1) is 19.2. The van der Waals surface area contributed by atoms with E-state index in [1.54, 1.807) is 18.2 Å². The first-order chi connectivity index (χ1) is 12.8. The number of Topliss-reactive ketones (excluding diaryl/α,β-unsaturated/α-hetero) is 1. The van der Waals surface area contributed by atoms with Crippen LogP contribution >= 0.6 is 23.2 Å². The van der Waals surface area contributed by atoms with Crippen LogP contribution in [0.15, 0.2) is 47.0 Å². The summed E-state index contributed by atoms with van der Waals surface area (Å²) < 4.78 is 47.0. The number of hydrogen-bond acceptors (Lipinski definition) is 5. The van der Waals surface area contributed by atoms with Gasteiger partial charge in [0.2, 0.25) is 5.82 Å². The van der Waals surface area contributed by atoms with E-state index in [4.69, 9.17) is 27.9 Å². The molecular formula is C17H9Cl2F3N2O3. The van der Waals surface area contributed by atoms with Crippen molar-refractivity contribution in [2.75, 3.05) is 6.61 Å². The van der Waals surface area contributed by atoms with E-state index in [0.29, 0.717) is 0 Å². The third-order valence-corrected chi connectivity index (χ3v) is 4.00. The van der Waals surface area contributed by atoms with Gasteiger partial charge in [0.15, 0.2) is 18.1 Å². The highest BCUT2D eigenvalue weighted by atomic mass is 35.5. The maximum Gasteiger partial charge on any atom is 0.471 e. The van der Waals surface area contributed by atoms with Crippen LogP contribution in [0.25, 0.3) is 11.4 Å². The molecule has 5 nitrogen and oxygen atoms in total. The van der Waals surface area contributed by atoms with Crippen LogP contribution in [0.2, 0.25) is 10.0 Å². The molecule has 0 saturated carbocycles. The molecule has 0 bridgehead atoms. The second-order valence-electron chi connectivity index (χ2n) is 5.26. The lowest BCUT2D eigenvalue weighted by molar-refractivity contribution is -0.159. The lowest BCUT2D eigenvalue weighted by atomic mass is 10.1. The zero-order valence-corrected chi connectivity index (χ0v) is 14.8. The van der Waals surface area contributed by atoms with Crippen molar-refractivity contribution in [3.63, 3.8) is 0 Å². The molecule has 27 heavy (non-hydrogen) atoms. The fraction of sp³-hybridized carbons (Fsp3) is 0.118. The molecule has 10 heteroatoms. The summed E-state index contributed by atoms with van der Waals surface area (Å²) >= 11 is 11.9. The molecule has 0 spiro atoms. The fourth-order valence-electron chi connectivity index (χ4n) is 2.10. The van der Waals surface area contributed by atoms with Gasteiger partial charge in [0.25, 0.3) is 0 Å². The second kappa shape index (κ2) is 7.58. The summed E-state index contributed by atoms with van der Waals surface area (Å²) in [6.07, 6.45) is -4.72. The Morgan fingerprint density at radius 2 is 1.70 bits per heavy atom. The van der Waals surface area contributed by atoms with Crippen LogP contribution < -0.4 is 4.74 Å². The Labute approximate surface area is 160 Å². The topological polar surface area (TPSA) is 65.2 Å². The Kier molecular flexibility index (Phi) is 5.38. The molecule has 0 aliphatic rings. The zero-order chi connectivity index (χ0) is 19.6. The number of halogens is 5. The lowest BCUT2D eigenvalue weighted by Gasteiger charge is -2.09. The standard InChI is InChI=1S/C17H9Cl2F3N2O3/c18-11-2-1-3-12(19)14(11)26-8-13(25)9-4-6-10(7-5-9)15-23-16(27-24-15)17(20,21)22/h1-7H,8H2. The monoisotopic (exact) mass is 416 g/mol. The number of carbonyl (C=O) groups is 1. The van der Waals surface area contributed by atoms with Crippen LogP contribution in [-0.2, 0) is 6.18 Å². The molecular weight excluding hydrogens is 408 g/mol. The van der Waals surface area contributed by atoms with E-state index in [-0.39, 0.29) is 45.1 Å². The predicted octanol–water partition coefficient (Wildman–Crippen LogP) is 5.32. The van der Waals surface area contributed by atoms with Gasteiger partial charge in [-0.2, -0.15) is 18.2 Å². The van der Waals surface area contributed by atoms with Gasteiger partial charge in [-0.15, -0.1) is 0 Å². The van der Waals surface area contributed by atoms with Gasteiger partial charge in [-0.1, -0.05) is 58.7 Å². The van der Waals surface area contributed by atoms with E-state index in [1.807, 2.05) is 0 Å². The van der Waals surface area contributed by atoms with Crippen molar-refractivity contribution in [2.24, 2.45) is 0 Å². The van der Waals surface area contributed by atoms with Crippen molar-refractivity contribution in [3.05, 3.63) is 64.0 Å². The van der Waals surface area contributed by atoms with Crippen molar-refractivity contribution in [2.45, 2.75) is 6.18 Å². The van der Waals surface area contributed by atoms with Gasteiger partial charge in [-0.05, 0) is 12.1 Å². The quantitative estimate of drug-likeness (QED) is 0.526. The summed E-state index contributed by atoms with van der Waals surface area (Å²) in [5.41, 5.74) is 0.544. The Balaban J connectivity index is 1.70. The van der Waals surface area contributed by atoms with Crippen molar-refractivity contribution in [1.29, 1.82) is 0 Å². The number of para-hydroxylation sites is 1. The highest BCUT2D eigenvalue weighted by Gasteiger charge is 2.38. The maximum absolute atomic E-state index is 12.5. The van der Waals surface area contributed by atoms with Crippen LogP contribution in [0.4, 0.5) is 13.2 Å². The van der Waals surface area contributed by atoms with E-state index in [1.165, 1.54) is 24.3 Å². The third kappa shape index (κ3) is 4.40. The molecule has 0 atom stereocenters. The zero-order valence-electron chi connectivity index (χ0n) is 13.3. The van der Waals surface area contributed by atoms with Gasteiger partial charge in [0.1, 0.15) is 0 Å². The molecule has 0 amide bonds. The molecule has 3 aromatic rings. The number of hydrogen-bond donors (Lipinski definition) is 0. The van der Waals surface area contributed by atoms with Gasteiger partial charge >= 0.3 is 12.1 Å². The minimum atomic E-state index is -4.72. The summed E-state index contributed by atoms with van der Waals surface area (Å²) in [4.78, 5) is 15.5. The van der Waals surface area contributed by atoms with Crippen LogP contribution in [0.1, 0.15) is 16.2 Å². The van der Waals surface area contributed by atoms with Crippen molar-refractivity contribution in [3.8, 4) is 17.1 Å². The number of carbonyl (C=O) groups excluding carboxylic acids is 1. The van der Waals surface area contributed by atoms with E-state index < -0.39 is 12.1 Å². The number of ether oxygens (including phenoxy) is 1. The van der Waals surface area contributed by atoms with E-state index in [2.05, 4.69) is 14.7 Å². The van der Waals surface area contributed by atoms with Crippen molar-refractivity contribution in [1.82, 2.24) is 10.1 Å². The van der Waals surface area contributed by atoms with Crippen LogP contribution in [0.3, 0.4) is 0 Å². The van der Waals surface area contributed by atoms with Gasteiger partial charge in [0.05, 0.1) is 10.0 Å². The lowest BCUT2D eigenvalue weighted by Crippen LogP contribution is -2.12. The molecule has 2 aromatic carbocycles. The molecule has 0 N–H and O–H groups in total. The SMILES string of the molecule is O=C(COc1c(Cl)cccc1Cl)c1ccc(-c2noc(C(F)(F)F)n2)cc1. The number of alkyl halides is 3. The summed E-state index contributed by atoms with van der Waals surface area (Å²) in [6.45, 7) is -0.316. The third-order valence-electron chi connectivity index (χ3n) is 3.40. The van der Waals surface area contributed by atoms with E-state index >= 15 is 0 Å². The van der Waals surface area contributed by atoms with E-state index in [9.17, 15) is 18.0 Å². The molecule has 140 valence electrons. The van der Waals surface area contributed by atoms with Gasteiger partial charge in [-0.3, -0.25) is 4.79 Å². The summed E-state index contributed by atoms with van der Waals surface area (Å²) in [7, 11) is 0. The van der Waals surface area contributed by atoms with Crippen LogP contribution in [-0.4, -0.2) is 22.5 Å². The maximum atomic E-state index is 12.5. The van der Waals surface area contributed by atoms with Gasteiger partial charge < -0.3 is 9.26 Å². The van der Waals surface area contributed by atoms with Crippen LogP contribution in [0, 0.1) is 0 Å². The minimum Gasteiger partial charge on any atom is -0.482 e. The smallest absolute Gasteiger partial charge is 0.471 e. The Hall–Kier alpha value is -2.58. The summed E-state index contributed by atoms with van der Waals surface area (Å²) in [5.74, 6) is -1.86. The van der Waals surface area contributed by atoms with Crippen molar-refractivity contribution < 1.29 is 27.2 Å². The number of nitrogens with zero attached hydrogens (tertiary/aromatic N) is 2. The predicted molar refractivity (Wildman–Crippen MR) is 91.0 cm³/mol. The molecule has 0 aliphatic carbocycles. The Morgan fingerprint density at radius 3 is 2.26 bits per heavy atom. The number of rotatable bonds is 5. The average molecular weight is 417 g/mol. The molecule has 0 aliphatic heterocycles. The Morgan fingerprint density at radius 1 is 1.07 bits per heavy atom. The first-order valence-electron chi connectivity index (χ1n) is 7.37. The highest BCUT2D eigenvalue weighted by Crippen LogP contribution is 2.32. The largest absolute Gasteiger partial charge is 0.482 e. The number of ketones is 1. The average Bonchev–Trinajstić information content (AvgIpc) is 3.12. The molecule has 0 saturated heterocycles. The summed E-state index contributed by atoms with van der Waals surface area (Å²) in [6, 6.07) is 10.4. The Bertz CT molecular complexity index is 952. The number of aromatic nitrogens is 2. The highest BCUT2D eigenvalue weighted by molar-refractivity contribution is 6.37.